The molecule has 1 amide bonds. The molecule has 2 heterocycles. The van der Waals surface area contributed by atoms with Crippen molar-refractivity contribution in [1.29, 1.82) is 0 Å². The van der Waals surface area contributed by atoms with Crippen molar-refractivity contribution in [1.82, 2.24) is 10.6 Å². The molecule has 2 bridgehead atoms. The highest BCUT2D eigenvalue weighted by molar-refractivity contribution is 5.94. The molecular weight excluding hydrogens is 288 g/mol. The summed E-state index contributed by atoms with van der Waals surface area (Å²) in [5.74, 6) is 0.836. The molecule has 2 atom stereocenters. The van der Waals surface area contributed by atoms with Gasteiger partial charge in [0.25, 0.3) is 5.91 Å². The number of benzene rings is 1. The van der Waals surface area contributed by atoms with E-state index in [1.165, 1.54) is 12.8 Å². The van der Waals surface area contributed by atoms with Gasteiger partial charge in [-0.3, -0.25) is 4.79 Å². The number of hydrogen-bond donors (Lipinski definition) is 2. The number of halogens is 1. The lowest BCUT2D eigenvalue weighted by atomic mass is 9.99. The van der Waals surface area contributed by atoms with E-state index in [1.54, 1.807) is 0 Å². The van der Waals surface area contributed by atoms with Crippen LogP contribution in [0.25, 0.3) is 0 Å². The highest BCUT2D eigenvalue weighted by atomic mass is 35.5. The molecule has 0 aliphatic carbocycles. The predicted molar refractivity (Wildman–Crippen MR) is 85.3 cm³/mol. The Morgan fingerprint density at radius 3 is 2.43 bits per heavy atom. The number of amides is 1. The number of nitrogens with one attached hydrogen (secondary N) is 2. The Labute approximate surface area is 132 Å². The zero-order valence-corrected chi connectivity index (χ0v) is 13.1. The number of carbonyl (C=O) groups excluding carboxylic acids is 1. The van der Waals surface area contributed by atoms with Gasteiger partial charge in [0.2, 0.25) is 0 Å². The molecule has 0 aromatic heterocycles. The topological polar surface area (TPSA) is 50.4 Å². The number of carbonyl (C=O) groups is 1. The summed E-state index contributed by atoms with van der Waals surface area (Å²) < 4.78 is 5.39. The van der Waals surface area contributed by atoms with Gasteiger partial charge in [-0.25, -0.2) is 0 Å². The molecule has 1 aromatic rings. The Bertz CT molecular complexity index is 466. The largest absolute Gasteiger partial charge is 0.494 e. The second kappa shape index (κ2) is 7.14. The van der Waals surface area contributed by atoms with Crippen molar-refractivity contribution in [2.75, 3.05) is 6.61 Å². The minimum atomic E-state index is 0. The summed E-state index contributed by atoms with van der Waals surface area (Å²) in [7, 11) is 0. The first-order valence-electron chi connectivity index (χ1n) is 7.54. The summed E-state index contributed by atoms with van der Waals surface area (Å²) >= 11 is 0. The third-order valence-electron chi connectivity index (χ3n) is 4.24. The molecule has 116 valence electrons. The first kappa shape index (κ1) is 16.1. The first-order valence-corrected chi connectivity index (χ1v) is 7.54. The van der Waals surface area contributed by atoms with Crippen LogP contribution in [0, 0.1) is 0 Å². The summed E-state index contributed by atoms with van der Waals surface area (Å²) in [5, 5.41) is 6.75. The van der Waals surface area contributed by atoms with Gasteiger partial charge in [-0.15, -0.1) is 12.4 Å². The van der Waals surface area contributed by atoms with E-state index >= 15 is 0 Å². The van der Waals surface area contributed by atoms with Gasteiger partial charge < -0.3 is 15.4 Å². The van der Waals surface area contributed by atoms with Crippen molar-refractivity contribution < 1.29 is 9.53 Å². The smallest absolute Gasteiger partial charge is 0.251 e. The molecule has 1 aromatic carbocycles. The SMILES string of the molecule is CCOc1ccc(C(=O)NC2CC3CCC(C2)N3)cc1.Cl. The normalized spacial score (nSPS) is 26.8. The van der Waals surface area contributed by atoms with Gasteiger partial charge in [-0.05, 0) is 56.9 Å². The summed E-state index contributed by atoms with van der Waals surface area (Å²) in [6.45, 7) is 2.59. The van der Waals surface area contributed by atoms with Crippen molar-refractivity contribution in [2.45, 2.75) is 50.7 Å². The Morgan fingerprint density at radius 2 is 1.86 bits per heavy atom. The maximum atomic E-state index is 12.2. The Morgan fingerprint density at radius 1 is 1.24 bits per heavy atom. The van der Waals surface area contributed by atoms with E-state index in [0.717, 1.165) is 18.6 Å². The van der Waals surface area contributed by atoms with E-state index in [4.69, 9.17) is 4.74 Å². The van der Waals surface area contributed by atoms with Gasteiger partial charge in [0.05, 0.1) is 6.61 Å². The zero-order chi connectivity index (χ0) is 13.9. The second-order valence-corrected chi connectivity index (χ2v) is 5.74. The molecule has 2 N–H and O–H groups in total. The highest BCUT2D eigenvalue weighted by Crippen LogP contribution is 2.27. The maximum Gasteiger partial charge on any atom is 0.251 e. The van der Waals surface area contributed by atoms with Crippen LogP contribution >= 0.6 is 12.4 Å². The van der Waals surface area contributed by atoms with Crippen molar-refractivity contribution in [3.8, 4) is 5.75 Å². The Kier molecular flexibility index (Phi) is 5.48. The van der Waals surface area contributed by atoms with Crippen LogP contribution in [-0.4, -0.2) is 30.6 Å². The first-order chi connectivity index (χ1) is 9.74. The van der Waals surface area contributed by atoms with E-state index in [2.05, 4.69) is 10.6 Å². The number of fused-ring (bicyclic) bond motifs is 2. The lowest BCUT2D eigenvalue weighted by molar-refractivity contribution is 0.0924. The number of piperidine rings is 1. The molecule has 2 aliphatic rings. The molecule has 2 aliphatic heterocycles. The molecule has 0 radical (unpaired) electrons. The molecule has 0 spiro atoms. The highest BCUT2D eigenvalue weighted by Gasteiger charge is 2.34. The predicted octanol–water partition coefficient (Wildman–Crippen LogP) is 2.52. The summed E-state index contributed by atoms with van der Waals surface area (Å²) in [6, 6.07) is 8.87. The van der Waals surface area contributed by atoms with Crippen LogP contribution in [0.15, 0.2) is 24.3 Å². The van der Waals surface area contributed by atoms with Crippen LogP contribution < -0.4 is 15.4 Å². The lowest BCUT2D eigenvalue weighted by Gasteiger charge is -2.29. The zero-order valence-electron chi connectivity index (χ0n) is 12.3. The van der Waals surface area contributed by atoms with Crippen molar-refractivity contribution in [3.63, 3.8) is 0 Å². The van der Waals surface area contributed by atoms with Crippen LogP contribution in [0.3, 0.4) is 0 Å². The third-order valence-corrected chi connectivity index (χ3v) is 4.24. The van der Waals surface area contributed by atoms with E-state index in [-0.39, 0.29) is 18.3 Å². The number of rotatable bonds is 4. The third kappa shape index (κ3) is 3.89. The molecule has 2 fully saturated rings. The second-order valence-electron chi connectivity index (χ2n) is 5.74. The van der Waals surface area contributed by atoms with Gasteiger partial charge in [0, 0.05) is 23.7 Å². The van der Waals surface area contributed by atoms with Crippen LogP contribution in [0.1, 0.15) is 43.0 Å². The summed E-state index contributed by atoms with van der Waals surface area (Å²) in [6.07, 6.45) is 4.61. The molecule has 2 unspecified atom stereocenters. The van der Waals surface area contributed by atoms with Crippen molar-refractivity contribution in [3.05, 3.63) is 29.8 Å². The van der Waals surface area contributed by atoms with Crippen LogP contribution in [0.5, 0.6) is 5.75 Å². The standard InChI is InChI=1S/C16H22N2O2.ClH/c1-2-20-15-7-3-11(4-8-15)16(19)18-14-9-12-5-6-13(10-14)17-12;/h3-4,7-8,12-14,17H,2,5-6,9-10H2,1H3,(H,18,19);1H. The van der Waals surface area contributed by atoms with Crippen molar-refractivity contribution >= 4 is 18.3 Å². The van der Waals surface area contributed by atoms with Crippen molar-refractivity contribution in [2.24, 2.45) is 0 Å². The minimum Gasteiger partial charge on any atom is -0.494 e. The maximum absolute atomic E-state index is 12.2. The Balaban J connectivity index is 0.00000161. The summed E-state index contributed by atoms with van der Waals surface area (Å²) in [4.78, 5) is 12.2. The number of hydrogen-bond acceptors (Lipinski definition) is 3. The monoisotopic (exact) mass is 310 g/mol. The average Bonchev–Trinajstić information content (AvgIpc) is 2.79. The van der Waals surface area contributed by atoms with Gasteiger partial charge in [-0.2, -0.15) is 0 Å². The average molecular weight is 311 g/mol. The van der Waals surface area contributed by atoms with Gasteiger partial charge in [0.15, 0.2) is 0 Å². The fourth-order valence-electron chi connectivity index (χ4n) is 3.31. The van der Waals surface area contributed by atoms with E-state index < -0.39 is 0 Å². The molecule has 0 saturated carbocycles. The molecule has 4 nitrogen and oxygen atoms in total. The lowest BCUT2D eigenvalue weighted by Crippen LogP contribution is -2.48. The van der Waals surface area contributed by atoms with Gasteiger partial charge in [0.1, 0.15) is 5.75 Å². The minimum absolute atomic E-state index is 0. The molecule has 2 saturated heterocycles. The van der Waals surface area contributed by atoms with E-state index in [9.17, 15) is 4.79 Å². The molecule has 3 rings (SSSR count). The number of ether oxygens (including phenoxy) is 1. The van der Waals surface area contributed by atoms with Crippen LogP contribution in [0.4, 0.5) is 0 Å². The molecular formula is C16H23ClN2O2. The van der Waals surface area contributed by atoms with E-state index in [0.29, 0.717) is 30.3 Å². The molecule has 5 heteroatoms. The molecule has 21 heavy (non-hydrogen) atoms. The Hall–Kier alpha value is -1.26. The van der Waals surface area contributed by atoms with E-state index in [1.807, 2.05) is 31.2 Å². The van der Waals surface area contributed by atoms with Crippen LogP contribution in [0.2, 0.25) is 0 Å². The quantitative estimate of drug-likeness (QED) is 0.898. The van der Waals surface area contributed by atoms with Crippen LogP contribution in [-0.2, 0) is 0 Å². The van der Waals surface area contributed by atoms with Gasteiger partial charge in [-0.1, -0.05) is 0 Å². The summed E-state index contributed by atoms with van der Waals surface area (Å²) in [5.41, 5.74) is 0.708. The fourth-order valence-corrected chi connectivity index (χ4v) is 3.31. The fraction of sp³-hybridized carbons (Fsp3) is 0.562. The van der Waals surface area contributed by atoms with Gasteiger partial charge >= 0.3 is 0 Å².